The zero-order valence-corrected chi connectivity index (χ0v) is 6.91. The van der Waals surface area contributed by atoms with Crippen molar-refractivity contribution in [3.8, 4) is 0 Å². The first-order valence-electron chi connectivity index (χ1n) is 3.37. The van der Waals surface area contributed by atoms with Gasteiger partial charge in [0.1, 0.15) is 11.4 Å². The Balaban J connectivity index is 2.33. The summed E-state index contributed by atoms with van der Waals surface area (Å²) >= 11 is 1.41. The first-order chi connectivity index (χ1) is 5.86. The molecule has 0 bridgehead atoms. The van der Waals surface area contributed by atoms with Gasteiger partial charge in [0.15, 0.2) is 0 Å². The third kappa shape index (κ3) is 1.35. The lowest BCUT2D eigenvalue weighted by Crippen LogP contribution is -1.95. The molecule has 1 aromatic rings. The van der Waals surface area contributed by atoms with Crippen LogP contribution in [0.15, 0.2) is 23.6 Å². The van der Waals surface area contributed by atoms with Gasteiger partial charge in [0, 0.05) is 6.20 Å². The van der Waals surface area contributed by atoms with E-state index in [9.17, 15) is 4.79 Å². The second-order valence-electron chi connectivity index (χ2n) is 2.19. The Morgan fingerprint density at radius 2 is 2.42 bits per heavy atom. The molecule has 0 unspecified atom stereocenters. The van der Waals surface area contributed by atoms with Crippen LogP contribution >= 0.6 is 11.8 Å². The van der Waals surface area contributed by atoms with Crippen molar-refractivity contribution in [3.63, 3.8) is 0 Å². The molecule has 1 aliphatic rings. The van der Waals surface area contributed by atoms with Gasteiger partial charge in [-0.15, -0.1) is 0 Å². The van der Waals surface area contributed by atoms with E-state index in [0.29, 0.717) is 10.8 Å². The van der Waals surface area contributed by atoms with Crippen LogP contribution in [0.2, 0.25) is 0 Å². The SMILES string of the molecule is O=C1CSC(c2ccncn2)=N1. The molecule has 0 fully saturated rings. The summed E-state index contributed by atoms with van der Waals surface area (Å²) in [5.41, 5.74) is 0.723. The number of rotatable bonds is 1. The van der Waals surface area contributed by atoms with Crippen LogP contribution in [0.3, 0.4) is 0 Å². The summed E-state index contributed by atoms with van der Waals surface area (Å²) in [6, 6.07) is 1.74. The highest BCUT2D eigenvalue weighted by molar-refractivity contribution is 8.15. The second kappa shape index (κ2) is 3.02. The predicted octanol–water partition coefficient (Wildman–Crippen LogP) is 0.497. The number of aromatic nitrogens is 2. The molecule has 0 saturated carbocycles. The molecule has 1 aromatic heterocycles. The summed E-state index contributed by atoms with van der Waals surface area (Å²) < 4.78 is 0. The second-order valence-corrected chi connectivity index (χ2v) is 3.16. The van der Waals surface area contributed by atoms with Crippen molar-refractivity contribution in [2.45, 2.75) is 0 Å². The summed E-state index contributed by atoms with van der Waals surface area (Å²) in [5, 5.41) is 0.697. The maximum Gasteiger partial charge on any atom is 0.257 e. The van der Waals surface area contributed by atoms with E-state index in [-0.39, 0.29) is 5.91 Å². The smallest absolute Gasteiger partial charge is 0.257 e. The number of hydrogen-bond acceptors (Lipinski definition) is 4. The van der Waals surface area contributed by atoms with Crippen molar-refractivity contribution in [2.75, 3.05) is 5.75 Å². The van der Waals surface area contributed by atoms with Gasteiger partial charge >= 0.3 is 0 Å². The largest absolute Gasteiger partial charge is 0.272 e. The summed E-state index contributed by atoms with van der Waals surface area (Å²) in [5.74, 6) is 0.341. The molecule has 0 N–H and O–H groups in total. The number of carbonyl (C=O) groups excluding carboxylic acids is 1. The van der Waals surface area contributed by atoms with Gasteiger partial charge in [0.05, 0.1) is 11.4 Å². The number of amides is 1. The minimum Gasteiger partial charge on any atom is -0.272 e. The van der Waals surface area contributed by atoms with E-state index < -0.39 is 0 Å². The van der Waals surface area contributed by atoms with Crippen LogP contribution in [-0.2, 0) is 4.79 Å². The van der Waals surface area contributed by atoms with E-state index in [1.807, 2.05) is 0 Å². The average molecular weight is 179 g/mol. The van der Waals surface area contributed by atoms with Crippen LogP contribution < -0.4 is 0 Å². The third-order valence-corrected chi connectivity index (χ3v) is 2.32. The summed E-state index contributed by atoms with van der Waals surface area (Å²) in [6.45, 7) is 0. The highest BCUT2D eigenvalue weighted by atomic mass is 32.2. The van der Waals surface area contributed by atoms with E-state index in [1.54, 1.807) is 12.3 Å². The average Bonchev–Trinajstić information content (AvgIpc) is 2.54. The van der Waals surface area contributed by atoms with E-state index in [0.717, 1.165) is 5.69 Å². The zero-order chi connectivity index (χ0) is 8.39. The Bertz CT molecular complexity index is 336. The Hall–Kier alpha value is -1.23. The Kier molecular flexibility index (Phi) is 1.87. The number of aliphatic imine (C=N–C) groups is 1. The van der Waals surface area contributed by atoms with Gasteiger partial charge < -0.3 is 0 Å². The summed E-state index contributed by atoms with van der Waals surface area (Å²) in [4.78, 5) is 22.3. The number of carbonyl (C=O) groups is 1. The monoisotopic (exact) mass is 179 g/mol. The first kappa shape index (κ1) is 7.42. The molecule has 1 aliphatic heterocycles. The van der Waals surface area contributed by atoms with E-state index in [2.05, 4.69) is 15.0 Å². The summed E-state index contributed by atoms with van der Waals surface area (Å²) in [7, 11) is 0. The van der Waals surface area contributed by atoms with E-state index in [4.69, 9.17) is 0 Å². The van der Waals surface area contributed by atoms with E-state index in [1.165, 1.54) is 18.1 Å². The molecule has 0 atom stereocenters. The van der Waals surface area contributed by atoms with Crippen LogP contribution in [0.25, 0.3) is 0 Å². The molecule has 0 aromatic carbocycles. The molecule has 60 valence electrons. The quantitative estimate of drug-likeness (QED) is 0.629. The highest BCUT2D eigenvalue weighted by Crippen LogP contribution is 2.17. The number of thioether (sulfide) groups is 1. The van der Waals surface area contributed by atoms with Gasteiger partial charge in [-0.3, -0.25) is 4.79 Å². The first-order valence-corrected chi connectivity index (χ1v) is 4.35. The Morgan fingerprint density at radius 3 is 3.00 bits per heavy atom. The lowest BCUT2D eigenvalue weighted by Gasteiger charge is -1.93. The predicted molar refractivity (Wildman–Crippen MR) is 46.0 cm³/mol. The van der Waals surface area contributed by atoms with Crippen LogP contribution in [0.4, 0.5) is 0 Å². The minimum atomic E-state index is -0.0892. The molecular formula is C7H5N3OS. The molecular weight excluding hydrogens is 174 g/mol. The van der Waals surface area contributed by atoms with Gasteiger partial charge in [0.2, 0.25) is 0 Å². The Morgan fingerprint density at radius 1 is 1.50 bits per heavy atom. The van der Waals surface area contributed by atoms with Crippen molar-refractivity contribution >= 4 is 22.7 Å². The van der Waals surface area contributed by atoms with Crippen molar-refractivity contribution in [1.29, 1.82) is 0 Å². The fourth-order valence-corrected chi connectivity index (χ4v) is 1.62. The number of hydrogen-bond donors (Lipinski definition) is 0. The van der Waals surface area contributed by atoms with Gasteiger partial charge in [-0.2, -0.15) is 0 Å². The molecule has 1 amide bonds. The highest BCUT2D eigenvalue weighted by Gasteiger charge is 2.16. The molecule has 0 saturated heterocycles. The van der Waals surface area contributed by atoms with Crippen LogP contribution in [-0.4, -0.2) is 26.7 Å². The molecule has 12 heavy (non-hydrogen) atoms. The van der Waals surface area contributed by atoms with Crippen LogP contribution in [0, 0.1) is 0 Å². The molecule has 5 heteroatoms. The normalized spacial score (nSPS) is 16.3. The minimum absolute atomic E-state index is 0.0892. The Labute approximate surface area is 73.1 Å². The molecule has 0 radical (unpaired) electrons. The van der Waals surface area contributed by atoms with Crippen molar-refractivity contribution in [2.24, 2.45) is 4.99 Å². The molecule has 4 nitrogen and oxygen atoms in total. The van der Waals surface area contributed by atoms with Gasteiger partial charge in [0.25, 0.3) is 5.91 Å². The molecule has 0 spiro atoms. The molecule has 2 heterocycles. The van der Waals surface area contributed by atoms with Crippen molar-refractivity contribution in [1.82, 2.24) is 9.97 Å². The molecule has 0 aliphatic carbocycles. The van der Waals surface area contributed by atoms with Crippen molar-refractivity contribution in [3.05, 3.63) is 24.3 Å². The van der Waals surface area contributed by atoms with Crippen molar-refractivity contribution < 1.29 is 4.79 Å². The number of nitrogens with zero attached hydrogens (tertiary/aromatic N) is 3. The maximum atomic E-state index is 10.8. The van der Waals surface area contributed by atoms with Gasteiger partial charge in [-0.05, 0) is 6.07 Å². The third-order valence-electron chi connectivity index (χ3n) is 1.36. The van der Waals surface area contributed by atoms with Gasteiger partial charge in [-0.1, -0.05) is 11.8 Å². The topological polar surface area (TPSA) is 55.2 Å². The summed E-state index contributed by atoms with van der Waals surface area (Å²) in [6.07, 6.45) is 3.08. The van der Waals surface area contributed by atoms with E-state index >= 15 is 0 Å². The molecule has 2 rings (SSSR count). The fraction of sp³-hybridized carbons (Fsp3) is 0.143. The lowest BCUT2D eigenvalue weighted by molar-refractivity contribution is -0.115. The lowest BCUT2D eigenvalue weighted by atomic mass is 10.4. The standard InChI is InChI=1S/C7H5N3OS/c11-6-3-12-7(10-6)5-1-2-8-4-9-5/h1-2,4H,3H2. The van der Waals surface area contributed by atoms with Gasteiger partial charge in [-0.25, -0.2) is 15.0 Å². The van der Waals surface area contributed by atoms with Crippen LogP contribution in [0.5, 0.6) is 0 Å². The van der Waals surface area contributed by atoms with Crippen LogP contribution in [0.1, 0.15) is 5.69 Å². The maximum absolute atomic E-state index is 10.8. The fourth-order valence-electron chi connectivity index (χ4n) is 0.856. The zero-order valence-electron chi connectivity index (χ0n) is 6.10.